The zero-order valence-corrected chi connectivity index (χ0v) is 13.0. The third kappa shape index (κ3) is 4.68. The molecule has 0 aliphatic rings. The van der Waals surface area contributed by atoms with Gasteiger partial charge in [0.15, 0.2) is 0 Å². The van der Waals surface area contributed by atoms with Crippen LogP contribution in [0, 0.1) is 0 Å². The van der Waals surface area contributed by atoms with Crippen molar-refractivity contribution in [2.24, 2.45) is 0 Å². The van der Waals surface area contributed by atoms with Crippen molar-refractivity contribution in [3.63, 3.8) is 0 Å². The van der Waals surface area contributed by atoms with Crippen LogP contribution in [0.3, 0.4) is 0 Å². The van der Waals surface area contributed by atoms with Crippen molar-refractivity contribution in [3.8, 4) is 0 Å². The molecule has 0 radical (unpaired) electrons. The Morgan fingerprint density at radius 2 is 2.22 bits per heavy atom. The van der Waals surface area contributed by atoms with Gasteiger partial charge >= 0.3 is 0 Å². The van der Waals surface area contributed by atoms with Crippen LogP contribution < -0.4 is 5.32 Å². The number of methoxy groups -OCH3 is 1. The molecule has 6 heteroatoms. The number of nitrogens with zero attached hydrogens (tertiary/aromatic N) is 2. The monoisotopic (exact) mass is 319 g/mol. The molecule has 0 aliphatic carbocycles. The van der Waals surface area contributed by atoms with E-state index in [2.05, 4.69) is 47.1 Å². The lowest BCUT2D eigenvalue weighted by Crippen LogP contribution is -2.39. The van der Waals surface area contributed by atoms with E-state index in [9.17, 15) is 5.11 Å². The highest BCUT2D eigenvalue weighted by Gasteiger charge is 2.19. The summed E-state index contributed by atoms with van der Waals surface area (Å²) in [7, 11) is 1.65. The minimum atomic E-state index is -0.599. The quantitative estimate of drug-likeness (QED) is 0.838. The predicted octanol–water partition coefficient (Wildman–Crippen LogP) is 1.71. The Morgan fingerprint density at radius 1 is 1.56 bits per heavy atom. The molecule has 0 bridgehead atoms. The van der Waals surface area contributed by atoms with Gasteiger partial charge in [-0.15, -0.1) is 0 Å². The molecule has 0 amide bonds. The Kier molecular flexibility index (Phi) is 5.78. The van der Waals surface area contributed by atoms with Crippen molar-refractivity contribution < 1.29 is 9.84 Å². The van der Waals surface area contributed by atoms with Gasteiger partial charge in [-0.1, -0.05) is 0 Å². The standard InChI is InChI=1S/C12H22BrN3O2/c1-12(2,3)14-8-10(17)11-9(13)7-15-16(11)5-6-18-4/h7,10,14,17H,5-6,8H2,1-4H3. The first-order valence-electron chi connectivity index (χ1n) is 5.98. The number of ether oxygens (including phenoxy) is 1. The number of aliphatic hydroxyl groups excluding tert-OH is 1. The summed E-state index contributed by atoms with van der Waals surface area (Å²) in [6.07, 6.45) is 1.10. The third-order valence-corrected chi connectivity index (χ3v) is 3.09. The van der Waals surface area contributed by atoms with Gasteiger partial charge in [-0.05, 0) is 36.7 Å². The van der Waals surface area contributed by atoms with E-state index in [4.69, 9.17) is 4.74 Å². The van der Waals surface area contributed by atoms with Crippen LogP contribution in [0.5, 0.6) is 0 Å². The van der Waals surface area contributed by atoms with Crippen molar-refractivity contribution in [1.29, 1.82) is 0 Å². The highest BCUT2D eigenvalue weighted by Crippen LogP contribution is 2.23. The van der Waals surface area contributed by atoms with Gasteiger partial charge in [-0.2, -0.15) is 5.10 Å². The Bertz CT molecular complexity index is 374. The molecule has 1 atom stereocenters. The van der Waals surface area contributed by atoms with Crippen LogP contribution in [0.1, 0.15) is 32.6 Å². The molecule has 1 rings (SSSR count). The molecule has 2 N–H and O–H groups in total. The van der Waals surface area contributed by atoms with E-state index in [1.54, 1.807) is 18.0 Å². The Balaban J connectivity index is 2.71. The molecular weight excluding hydrogens is 298 g/mol. The molecule has 0 saturated carbocycles. The number of hydrogen-bond acceptors (Lipinski definition) is 4. The van der Waals surface area contributed by atoms with Gasteiger partial charge in [0, 0.05) is 19.2 Å². The fourth-order valence-electron chi connectivity index (χ4n) is 1.56. The summed E-state index contributed by atoms with van der Waals surface area (Å²) in [6, 6.07) is 0. The largest absolute Gasteiger partial charge is 0.385 e. The second-order valence-electron chi connectivity index (χ2n) is 5.24. The number of hydrogen-bond donors (Lipinski definition) is 2. The van der Waals surface area contributed by atoms with E-state index in [1.165, 1.54) is 0 Å². The summed E-state index contributed by atoms with van der Waals surface area (Å²) < 4.78 is 7.62. The van der Waals surface area contributed by atoms with Gasteiger partial charge in [-0.25, -0.2) is 0 Å². The summed E-state index contributed by atoms with van der Waals surface area (Å²) in [5, 5.41) is 17.7. The van der Waals surface area contributed by atoms with E-state index < -0.39 is 6.10 Å². The number of aliphatic hydroxyl groups is 1. The summed E-state index contributed by atoms with van der Waals surface area (Å²) in [4.78, 5) is 0. The second kappa shape index (κ2) is 6.65. The highest BCUT2D eigenvalue weighted by atomic mass is 79.9. The number of halogens is 1. The van der Waals surface area contributed by atoms with Crippen molar-refractivity contribution in [2.45, 2.75) is 39.0 Å². The number of β-amino-alcohol motifs (C(OH)–C–C–N with tert-alkyl or cyclic N) is 1. The first-order valence-corrected chi connectivity index (χ1v) is 6.77. The molecule has 1 aromatic heterocycles. The van der Waals surface area contributed by atoms with Crippen LogP contribution in [-0.4, -0.2) is 40.7 Å². The molecule has 104 valence electrons. The van der Waals surface area contributed by atoms with Crippen molar-refractivity contribution in [3.05, 3.63) is 16.4 Å². The van der Waals surface area contributed by atoms with Gasteiger partial charge in [0.05, 0.1) is 29.5 Å². The van der Waals surface area contributed by atoms with Crippen LogP contribution >= 0.6 is 15.9 Å². The van der Waals surface area contributed by atoms with Gasteiger partial charge in [-0.3, -0.25) is 4.68 Å². The molecular formula is C12H22BrN3O2. The zero-order chi connectivity index (χ0) is 13.8. The van der Waals surface area contributed by atoms with E-state index in [0.29, 0.717) is 19.7 Å². The van der Waals surface area contributed by atoms with Crippen LogP contribution in [0.15, 0.2) is 10.7 Å². The maximum atomic E-state index is 10.2. The lowest BCUT2D eigenvalue weighted by atomic mass is 10.1. The third-order valence-electron chi connectivity index (χ3n) is 2.48. The SMILES string of the molecule is COCCn1ncc(Br)c1C(O)CNC(C)(C)C. The van der Waals surface area contributed by atoms with E-state index in [0.717, 1.165) is 10.2 Å². The molecule has 0 aliphatic heterocycles. The average Bonchev–Trinajstić information content (AvgIpc) is 2.64. The molecule has 5 nitrogen and oxygen atoms in total. The van der Waals surface area contributed by atoms with Crippen LogP contribution in [0.4, 0.5) is 0 Å². The highest BCUT2D eigenvalue weighted by molar-refractivity contribution is 9.10. The molecule has 1 aromatic rings. The maximum Gasteiger partial charge on any atom is 0.109 e. The Morgan fingerprint density at radius 3 is 2.78 bits per heavy atom. The summed E-state index contributed by atoms with van der Waals surface area (Å²) in [5.41, 5.74) is 0.758. The molecule has 1 heterocycles. The summed E-state index contributed by atoms with van der Waals surface area (Å²) in [5.74, 6) is 0. The molecule has 0 spiro atoms. The Hall–Kier alpha value is -0.430. The Labute approximate surface area is 117 Å². The minimum absolute atomic E-state index is 0.0230. The van der Waals surface area contributed by atoms with Crippen LogP contribution in [0.2, 0.25) is 0 Å². The number of nitrogens with one attached hydrogen (secondary N) is 1. The van der Waals surface area contributed by atoms with Gasteiger partial charge < -0.3 is 15.2 Å². The van der Waals surface area contributed by atoms with Crippen molar-refractivity contribution in [2.75, 3.05) is 20.3 Å². The maximum absolute atomic E-state index is 10.2. The summed E-state index contributed by atoms with van der Waals surface area (Å²) >= 11 is 3.42. The van der Waals surface area contributed by atoms with Gasteiger partial charge in [0.1, 0.15) is 6.10 Å². The molecule has 0 saturated heterocycles. The van der Waals surface area contributed by atoms with E-state index >= 15 is 0 Å². The van der Waals surface area contributed by atoms with Gasteiger partial charge in [0.2, 0.25) is 0 Å². The number of rotatable bonds is 6. The molecule has 0 fully saturated rings. The lowest BCUT2D eigenvalue weighted by molar-refractivity contribution is 0.143. The van der Waals surface area contributed by atoms with E-state index in [1.807, 2.05) is 0 Å². The van der Waals surface area contributed by atoms with E-state index in [-0.39, 0.29) is 5.54 Å². The van der Waals surface area contributed by atoms with Crippen LogP contribution in [0.25, 0.3) is 0 Å². The predicted molar refractivity (Wildman–Crippen MR) is 74.5 cm³/mol. The zero-order valence-electron chi connectivity index (χ0n) is 11.4. The number of aromatic nitrogens is 2. The first kappa shape index (κ1) is 15.6. The lowest BCUT2D eigenvalue weighted by Gasteiger charge is -2.23. The molecule has 18 heavy (non-hydrogen) atoms. The normalized spacial score (nSPS) is 13.9. The minimum Gasteiger partial charge on any atom is -0.385 e. The van der Waals surface area contributed by atoms with Crippen molar-refractivity contribution in [1.82, 2.24) is 15.1 Å². The fraction of sp³-hybridized carbons (Fsp3) is 0.750. The summed E-state index contributed by atoms with van der Waals surface area (Å²) in [6.45, 7) is 7.89. The van der Waals surface area contributed by atoms with Crippen LogP contribution in [-0.2, 0) is 11.3 Å². The fourth-order valence-corrected chi connectivity index (χ4v) is 2.12. The second-order valence-corrected chi connectivity index (χ2v) is 6.09. The van der Waals surface area contributed by atoms with Gasteiger partial charge in [0.25, 0.3) is 0 Å². The topological polar surface area (TPSA) is 59.3 Å². The smallest absolute Gasteiger partial charge is 0.109 e. The van der Waals surface area contributed by atoms with Crippen molar-refractivity contribution >= 4 is 15.9 Å². The first-order chi connectivity index (χ1) is 8.35. The molecule has 1 unspecified atom stereocenters. The molecule has 0 aromatic carbocycles. The average molecular weight is 320 g/mol.